The van der Waals surface area contributed by atoms with Crippen LogP contribution in [0.5, 0.6) is 0 Å². The Kier molecular flexibility index (Phi) is 31.5. The van der Waals surface area contributed by atoms with Crippen molar-refractivity contribution in [2.75, 3.05) is 92.5 Å². The van der Waals surface area contributed by atoms with Crippen LogP contribution in [0.2, 0.25) is 0 Å². The SMILES string of the molecule is CCCCCCCCCCC(OC(=O)c1ccc(-c2ccccc2)cc1)n1cc(COC(COC(COCC(O)CO)COCC(O)CO)COC(COCC(O)CO)COCC(O)CO)nn1. The number of aliphatic hydroxyl groups is 8. The van der Waals surface area contributed by atoms with Crippen molar-refractivity contribution in [1.29, 1.82) is 0 Å². The molecule has 0 bridgehead atoms. The van der Waals surface area contributed by atoms with Gasteiger partial charge in [0.15, 0.2) is 6.23 Å². The van der Waals surface area contributed by atoms with Crippen molar-refractivity contribution in [2.24, 2.45) is 0 Å². The molecule has 0 aliphatic rings. The molecule has 0 saturated carbocycles. The maximum Gasteiger partial charge on any atom is 0.340 e. The number of aliphatic hydroxyl groups excluding tert-OH is 8. The number of unbranched alkanes of at least 4 members (excludes halogenated alkanes) is 7. The molecule has 20 heteroatoms. The van der Waals surface area contributed by atoms with Gasteiger partial charge in [-0.3, -0.25) is 0 Å². The predicted molar refractivity (Wildman–Crippen MR) is 247 cm³/mol. The zero-order valence-electron chi connectivity index (χ0n) is 39.5. The van der Waals surface area contributed by atoms with Gasteiger partial charge in [0, 0.05) is 6.42 Å². The highest BCUT2D eigenvalue weighted by atomic mass is 16.6. The van der Waals surface area contributed by atoms with Crippen molar-refractivity contribution < 1.29 is 83.5 Å². The topological polar surface area (TPSA) is 283 Å². The number of rotatable bonds is 42. The third-order valence-electron chi connectivity index (χ3n) is 10.4. The molecule has 0 radical (unpaired) electrons. The predicted octanol–water partition coefficient (Wildman–Crippen LogP) is 1.97. The average molecular weight is 968 g/mol. The summed E-state index contributed by atoms with van der Waals surface area (Å²) >= 11 is 0. The molecule has 0 amide bonds. The number of hydrogen-bond acceptors (Lipinski definition) is 19. The fraction of sp³-hybridized carbons (Fsp3) is 0.688. The Morgan fingerprint density at radius 3 is 1.46 bits per heavy atom. The first-order valence-corrected chi connectivity index (χ1v) is 23.7. The summed E-state index contributed by atoms with van der Waals surface area (Å²) in [6.07, 6.45) is 3.27. The Hall–Kier alpha value is -3.55. The molecule has 0 saturated heterocycles. The molecule has 0 aliphatic carbocycles. The second-order valence-corrected chi connectivity index (χ2v) is 16.6. The van der Waals surface area contributed by atoms with Crippen LogP contribution in [0.3, 0.4) is 0 Å². The standard InChI is InChI=1S/C48H77N3O17/c1-2-3-4-5-6-7-8-12-15-47(68-48(60)38-18-16-37(17-19-38)36-13-10-9-11-14-36)51-20-39(49-50-51)25-65-46(34-66-44(30-61-26-40(56)21-52)31-62-27-41(57)22-53)35-67-45(32-63-28-42(58)23-54)33-64-29-43(59)24-55/h9-11,13-14,16-20,40-47,52-59H,2-8,12,15,21-35H2,1H3. The second-order valence-electron chi connectivity index (χ2n) is 16.6. The first kappa shape index (κ1) is 58.8. The van der Waals surface area contributed by atoms with E-state index >= 15 is 0 Å². The van der Waals surface area contributed by atoms with E-state index in [0.29, 0.717) is 17.7 Å². The zero-order chi connectivity index (χ0) is 49.2. The van der Waals surface area contributed by atoms with E-state index in [1.165, 1.54) is 30.4 Å². The number of carbonyl (C=O) groups is 1. The molecule has 2 aromatic carbocycles. The molecule has 0 aliphatic heterocycles. The number of carbonyl (C=O) groups excluding carboxylic acids is 1. The Bertz CT molecular complexity index is 1600. The summed E-state index contributed by atoms with van der Waals surface area (Å²) in [6, 6.07) is 17.1. The van der Waals surface area contributed by atoms with Gasteiger partial charge in [-0.1, -0.05) is 99.5 Å². The van der Waals surface area contributed by atoms with E-state index in [2.05, 4.69) is 17.2 Å². The summed E-state index contributed by atoms with van der Waals surface area (Å²) in [7, 11) is 0. The molecule has 8 N–H and O–H groups in total. The van der Waals surface area contributed by atoms with Gasteiger partial charge in [-0.05, 0) is 29.7 Å². The fourth-order valence-corrected chi connectivity index (χ4v) is 6.52. The van der Waals surface area contributed by atoms with Gasteiger partial charge >= 0.3 is 5.97 Å². The van der Waals surface area contributed by atoms with Crippen LogP contribution in [0, 0.1) is 0 Å². The molecular formula is C48H77N3O17. The van der Waals surface area contributed by atoms with Gasteiger partial charge in [-0.2, -0.15) is 0 Å². The molecule has 1 aromatic heterocycles. The van der Waals surface area contributed by atoms with E-state index < -0.39 is 81.4 Å². The van der Waals surface area contributed by atoms with Crippen molar-refractivity contribution in [1.82, 2.24) is 15.0 Å². The van der Waals surface area contributed by atoms with Gasteiger partial charge < -0.3 is 78.7 Å². The van der Waals surface area contributed by atoms with E-state index in [1.54, 1.807) is 18.3 Å². The van der Waals surface area contributed by atoms with Gasteiger partial charge in [0.05, 0.1) is 111 Å². The minimum atomic E-state index is -1.13. The summed E-state index contributed by atoms with van der Waals surface area (Å²) in [5.41, 5.74) is 2.79. The molecule has 1 heterocycles. The second kappa shape index (κ2) is 36.4. The summed E-state index contributed by atoms with van der Waals surface area (Å²) in [4.78, 5) is 13.6. The van der Waals surface area contributed by atoms with Gasteiger partial charge in [-0.15, -0.1) is 5.10 Å². The van der Waals surface area contributed by atoms with Crippen LogP contribution in [0.4, 0.5) is 0 Å². The number of aromatic nitrogens is 3. The van der Waals surface area contributed by atoms with Crippen molar-refractivity contribution in [3.05, 3.63) is 72.1 Å². The van der Waals surface area contributed by atoms with Crippen molar-refractivity contribution in [2.45, 2.75) is 120 Å². The van der Waals surface area contributed by atoms with Crippen LogP contribution in [-0.4, -0.2) is 197 Å². The summed E-state index contributed by atoms with van der Waals surface area (Å²) in [5.74, 6) is -0.504. The molecular weight excluding hydrogens is 891 g/mol. The molecule has 20 nitrogen and oxygen atoms in total. The highest BCUT2D eigenvalue weighted by molar-refractivity contribution is 5.90. The van der Waals surface area contributed by atoms with E-state index in [9.17, 15) is 45.6 Å². The van der Waals surface area contributed by atoms with Crippen LogP contribution < -0.4 is 0 Å². The summed E-state index contributed by atoms with van der Waals surface area (Å²) in [6.45, 7) is -1.33. The lowest BCUT2D eigenvalue weighted by molar-refractivity contribution is -0.141. The smallest absolute Gasteiger partial charge is 0.340 e. The van der Waals surface area contributed by atoms with E-state index in [4.69, 9.17) is 37.9 Å². The number of benzene rings is 2. The van der Waals surface area contributed by atoms with Gasteiger partial charge in [0.25, 0.3) is 0 Å². The minimum Gasteiger partial charge on any atom is -0.436 e. The molecule has 0 fully saturated rings. The number of hydrogen-bond donors (Lipinski definition) is 8. The van der Waals surface area contributed by atoms with E-state index in [-0.39, 0.29) is 72.7 Å². The lowest BCUT2D eigenvalue weighted by Gasteiger charge is -2.25. The Labute approximate surface area is 399 Å². The molecule has 68 heavy (non-hydrogen) atoms. The van der Waals surface area contributed by atoms with Crippen LogP contribution >= 0.6 is 0 Å². The monoisotopic (exact) mass is 968 g/mol. The lowest BCUT2D eigenvalue weighted by Crippen LogP contribution is -2.37. The van der Waals surface area contributed by atoms with Gasteiger partial charge in [0.2, 0.25) is 0 Å². The van der Waals surface area contributed by atoms with Gasteiger partial charge in [0.1, 0.15) is 48.4 Å². The number of ether oxygens (including phenoxy) is 8. The number of nitrogens with zero attached hydrogens (tertiary/aromatic N) is 3. The Balaban J connectivity index is 1.79. The lowest BCUT2D eigenvalue weighted by atomic mass is 10.0. The molecule has 3 rings (SSSR count). The summed E-state index contributed by atoms with van der Waals surface area (Å²) in [5, 5.41) is 84.8. The van der Waals surface area contributed by atoms with E-state index in [0.717, 1.165) is 36.8 Å². The third kappa shape index (κ3) is 25.3. The van der Waals surface area contributed by atoms with Crippen molar-refractivity contribution >= 4 is 5.97 Å². The molecule has 386 valence electrons. The molecule has 5 unspecified atom stereocenters. The highest BCUT2D eigenvalue weighted by Crippen LogP contribution is 2.23. The van der Waals surface area contributed by atoms with Crippen molar-refractivity contribution in [3.8, 4) is 11.1 Å². The largest absolute Gasteiger partial charge is 0.436 e. The Morgan fingerprint density at radius 1 is 0.544 bits per heavy atom. The quantitative estimate of drug-likeness (QED) is 0.0298. The summed E-state index contributed by atoms with van der Waals surface area (Å²) < 4.78 is 48.3. The normalized spacial score (nSPS) is 15.4. The maximum absolute atomic E-state index is 13.6. The zero-order valence-corrected chi connectivity index (χ0v) is 39.5. The third-order valence-corrected chi connectivity index (χ3v) is 10.4. The van der Waals surface area contributed by atoms with Crippen molar-refractivity contribution in [3.63, 3.8) is 0 Å². The maximum atomic E-state index is 13.6. The van der Waals surface area contributed by atoms with Crippen LogP contribution in [-0.2, 0) is 44.5 Å². The highest BCUT2D eigenvalue weighted by Gasteiger charge is 2.23. The number of esters is 1. The molecule has 0 spiro atoms. The van der Waals surface area contributed by atoms with Crippen LogP contribution in [0.1, 0.15) is 87.0 Å². The first-order chi connectivity index (χ1) is 33.1. The van der Waals surface area contributed by atoms with E-state index in [1.807, 2.05) is 42.5 Å². The minimum absolute atomic E-state index is 0.0883. The first-order valence-electron chi connectivity index (χ1n) is 23.7. The van der Waals surface area contributed by atoms with Gasteiger partial charge in [-0.25, -0.2) is 9.48 Å². The fourth-order valence-electron chi connectivity index (χ4n) is 6.52. The Morgan fingerprint density at radius 2 is 0.985 bits per heavy atom. The average Bonchev–Trinajstić information content (AvgIpc) is 3.84. The molecule has 5 atom stereocenters. The van der Waals surface area contributed by atoms with Crippen LogP contribution in [0.15, 0.2) is 60.8 Å². The molecule has 3 aromatic rings. The van der Waals surface area contributed by atoms with Crippen LogP contribution in [0.25, 0.3) is 11.1 Å².